The highest BCUT2D eigenvalue weighted by Crippen LogP contribution is 2.03. The fourth-order valence-electron chi connectivity index (χ4n) is 1.27. The minimum absolute atomic E-state index is 0.579. The van der Waals surface area contributed by atoms with Crippen molar-refractivity contribution in [2.24, 2.45) is 0 Å². The van der Waals surface area contributed by atoms with Gasteiger partial charge in [0.25, 0.3) is 0 Å². The van der Waals surface area contributed by atoms with Gasteiger partial charge in [0, 0.05) is 6.04 Å². The van der Waals surface area contributed by atoms with Gasteiger partial charge in [-0.05, 0) is 19.5 Å². The largest absolute Gasteiger partial charge is 0.298 e. The molecule has 0 aromatic rings. The molecule has 0 aliphatic heterocycles. The van der Waals surface area contributed by atoms with Crippen LogP contribution >= 0.6 is 0 Å². The Morgan fingerprint density at radius 3 is 1.90 bits per heavy atom. The van der Waals surface area contributed by atoms with Gasteiger partial charge in [0.05, 0.1) is 0 Å². The van der Waals surface area contributed by atoms with Crippen LogP contribution in [0.4, 0.5) is 0 Å². The van der Waals surface area contributed by atoms with Gasteiger partial charge in [0.2, 0.25) is 0 Å². The molecule has 0 N–H and O–H groups in total. The molecule has 0 fully saturated rings. The molecule has 0 saturated heterocycles. The van der Waals surface area contributed by atoms with Gasteiger partial charge >= 0.3 is 0 Å². The first-order chi connectivity index (χ1) is 4.79. The predicted octanol–water partition coefficient (Wildman–Crippen LogP) is 2.29. The van der Waals surface area contributed by atoms with Gasteiger partial charge in [-0.2, -0.15) is 0 Å². The summed E-state index contributed by atoms with van der Waals surface area (Å²) in [6.07, 6.45) is 3.21. The maximum absolute atomic E-state index is 3.81. The van der Waals surface area contributed by atoms with Crippen molar-refractivity contribution in [3.05, 3.63) is 12.7 Å². The van der Waals surface area contributed by atoms with Crippen LogP contribution in [0.1, 0.15) is 27.2 Å². The Balaban J connectivity index is 3.81. The zero-order chi connectivity index (χ0) is 7.98. The second kappa shape index (κ2) is 5.48. The van der Waals surface area contributed by atoms with Crippen LogP contribution < -0.4 is 0 Å². The van der Waals surface area contributed by atoms with Crippen LogP contribution in [0.5, 0.6) is 0 Å². The molecule has 10 heavy (non-hydrogen) atoms. The first kappa shape index (κ1) is 9.70. The molecule has 0 aromatic heterocycles. The first-order valence-electron chi connectivity index (χ1n) is 4.16. The van der Waals surface area contributed by atoms with Crippen molar-refractivity contribution in [1.82, 2.24) is 4.90 Å². The van der Waals surface area contributed by atoms with E-state index in [0.717, 1.165) is 13.1 Å². The fourth-order valence-corrected chi connectivity index (χ4v) is 1.27. The van der Waals surface area contributed by atoms with Gasteiger partial charge in [-0.15, -0.1) is 6.58 Å². The zero-order valence-corrected chi connectivity index (χ0v) is 7.43. The van der Waals surface area contributed by atoms with Gasteiger partial charge in [0.1, 0.15) is 0 Å². The number of rotatable bonds is 5. The van der Waals surface area contributed by atoms with Crippen molar-refractivity contribution < 1.29 is 0 Å². The van der Waals surface area contributed by atoms with E-state index < -0.39 is 0 Å². The van der Waals surface area contributed by atoms with Gasteiger partial charge in [-0.3, -0.25) is 4.90 Å². The van der Waals surface area contributed by atoms with Crippen molar-refractivity contribution in [3.8, 4) is 0 Å². The molecule has 60 valence electrons. The minimum Gasteiger partial charge on any atom is -0.298 e. The fraction of sp³-hybridized carbons (Fsp3) is 0.778. The maximum Gasteiger partial charge on any atom is 0.0272 e. The SMILES string of the molecule is C=CC(CC)N(CC)CC. The van der Waals surface area contributed by atoms with Crippen molar-refractivity contribution in [2.75, 3.05) is 13.1 Å². The van der Waals surface area contributed by atoms with Crippen molar-refractivity contribution in [1.29, 1.82) is 0 Å². The summed E-state index contributed by atoms with van der Waals surface area (Å²) in [6, 6.07) is 0.579. The Morgan fingerprint density at radius 2 is 1.80 bits per heavy atom. The van der Waals surface area contributed by atoms with E-state index in [1.54, 1.807) is 0 Å². The topological polar surface area (TPSA) is 3.24 Å². The van der Waals surface area contributed by atoms with E-state index in [2.05, 4.69) is 32.3 Å². The summed E-state index contributed by atoms with van der Waals surface area (Å²) in [5.41, 5.74) is 0. The number of hydrogen-bond donors (Lipinski definition) is 0. The molecule has 0 spiro atoms. The number of nitrogens with zero attached hydrogens (tertiary/aromatic N) is 1. The van der Waals surface area contributed by atoms with E-state index in [-0.39, 0.29) is 0 Å². The lowest BCUT2D eigenvalue weighted by atomic mass is 10.2. The van der Waals surface area contributed by atoms with Crippen LogP contribution in [0.2, 0.25) is 0 Å². The molecule has 0 amide bonds. The third kappa shape index (κ3) is 2.53. The summed E-state index contributed by atoms with van der Waals surface area (Å²) < 4.78 is 0. The molecule has 0 bridgehead atoms. The van der Waals surface area contributed by atoms with E-state index in [4.69, 9.17) is 0 Å². The standard InChI is InChI=1S/C9H19N/c1-5-9(6-2)10(7-3)8-4/h5,9H,1,6-8H2,2-4H3. The van der Waals surface area contributed by atoms with Crippen molar-refractivity contribution in [3.63, 3.8) is 0 Å². The summed E-state index contributed by atoms with van der Waals surface area (Å²) in [5, 5.41) is 0. The van der Waals surface area contributed by atoms with Crippen LogP contribution in [0.25, 0.3) is 0 Å². The van der Waals surface area contributed by atoms with Gasteiger partial charge in [-0.1, -0.05) is 26.8 Å². The zero-order valence-electron chi connectivity index (χ0n) is 7.43. The molecule has 1 heteroatoms. The third-order valence-corrected chi connectivity index (χ3v) is 1.97. The molecule has 1 nitrogen and oxygen atoms in total. The summed E-state index contributed by atoms with van der Waals surface area (Å²) in [5.74, 6) is 0. The van der Waals surface area contributed by atoms with E-state index in [1.807, 2.05) is 6.08 Å². The van der Waals surface area contributed by atoms with E-state index >= 15 is 0 Å². The second-order valence-electron chi connectivity index (χ2n) is 2.43. The second-order valence-corrected chi connectivity index (χ2v) is 2.43. The van der Waals surface area contributed by atoms with Crippen LogP contribution in [-0.4, -0.2) is 24.0 Å². The molecule has 0 aliphatic rings. The monoisotopic (exact) mass is 141 g/mol. The highest BCUT2D eigenvalue weighted by molar-refractivity contribution is 4.85. The summed E-state index contributed by atoms with van der Waals surface area (Å²) >= 11 is 0. The lowest BCUT2D eigenvalue weighted by Crippen LogP contribution is -2.32. The Kier molecular flexibility index (Phi) is 5.32. The highest BCUT2D eigenvalue weighted by atomic mass is 15.1. The Bertz CT molecular complexity index is 84.7. The summed E-state index contributed by atoms with van der Waals surface area (Å²) in [7, 11) is 0. The van der Waals surface area contributed by atoms with Crippen LogP contribution in [-0.2, 0) is 0 Å². The van der Waals surface area contributed by atoms with Gasteiger partial charge in [-0.25, -0.2) is 0 Å². The third-order valence-electron chi connectivity index (χ3n) is 1.97. The number of hydrogen-bond acceptors (Lipinski definition) is 1. The highest BCUT2D eigenvalue weighted by Gasteiger charge is 2.07. The molecular weight excluding hydrogens is 122 g/mol. The molecule has 1 atom stereocenters. The van der Waals surface area contributed by atoms with E-state index in [1.165, 1.54) is 6.42 Å². The minimum atomic E-state index is 0.579. The molecule has 0 rings (SSSR count). The van der Waals surface area contributed by atoms with Crippen LogP contribution in [0, 0.1) is 0 Å². The van der Waals surface area contributed by atoms with Crippen molar-refractivity contribution in [2.45, 2.75) is 33.2 Å². The van der Waals surface area contributed by atoms with Crippen molar-refractivity contribution >= 4 is 0 Å². The molecule has 0 aliphatic carbocycles. The normalized spacial score (nSPS) is 13.6. The lowest BCUT2D eigenvalue weighted by molar-refractivity contribution is 0.249. The quantitative estimate of drug-likeness (QED) is 0.531. The molecule has 0 saturated carbocycles. The summed E-state index contributed by atoms with van der Waals surface area (Å²) in [6.45, 7) is 12.6. The van der Waals surface area contributed by atoms with Gasteiger partial charge in [0.15, 0.2) is 0 Å². The average molecular weight is 141 g/mol. The number of likely N-dealkylation sites (N-methyl/N-ethyl adjacent to an activating group) is 1. The predicted molar refractivity (Wildman–Crippen MR) is 47.2 cm³/mol. The van der Waals surface area contributed by atoms with Crippen LogP contribution in [0.15, 0.2) is 12.7 Å². The first-order valence-corrected chi connectivity index (χ1v) is 4.16. The van der Waals surface area contributed by atoms with Crippen LogP contribution in [0.3, 0.4) is 0 Å². The molecule has 0 radical (unpaired) electrons. The lowest BCUT2D eigenvalue weighted by Gasteiger charge is -2.25. The van der Waals surface area contributed by atoms with E-state index in [0.29, 0.717) is 6.04 Å². The molecule has 0 aromatic carbocycles. The molecule has 0 heterocycles. The molecule has 1 unspecified atom stereocenters. The Labute approximate surface area is 64.7 Å². The van der Waals surface area contributed by atoms with E-state index in [9.17, 15) is 0 Å². The maximum atomic E-state index is 3.81. The smallest absolute Gasteiger partial charge is 0.0272 e. The molecular formula is C9H19N. The van der Waals surface area contributed by atoms with Gasteiger partial charge < -0.3 is 0 Å². The Morgan fingerprint density at radius 1 is 1.30 bits per heavy atom. The summed E-state index contributed by atoms with van der Waals surface area (Å²) in [4.78, 5) is 2.41. The Hall–Kier alpha value is -0.300. The average Bonchev–Trinajstić information content (AvgIpc) is 2.00.